The molecule has 0 saturated heterocycles. The Morgan fingerprint density at radius 1 is 1.30 bits per heavy atom. The van der Waals surface area contributed by atoms with Crippen LogP contribution in [0, 0.1) is 0 Å². The van der Waals surface area contributed by atoms with Gasteiger partial charge in [0, 0.05) is 12.6 Å². The van der Waals surface area contributed by atoms with Gasteiger partial charge in [-0.2, -0.15) is 11.3 Å². The molecule has 0 spiro atoms. The molecule has 20 heavy (non-hydrogen) atoms. The maximum absolute atomic E-state index is 10.3. The number of nitrogens with one attached hydrogen (secondary N) is 1. The van der Waals surface area contributed by atoms with Gasteiger partial charge in [-0.05, 0) is 47.4 Å². The average Bonchev–Trinajstić information content (AvgIpc) is 3.01. The van der Waals surface area contributed by atoms with Crippen LogP contribution in [0.3, 0.4) is 0 Å². The summed E-state index contributed by atoms with van der Waals surface area (Å²) in [5.74, 6) is 0. The zero-order valence-electron chi connectivity index (χ0n) is 11.9. The molecule has 2 unspecified atom stereocenters. The molecule has 0 amide bonds. The van der Waals surface area contributed by atoms with Crippen molar-refractivity contribution in [2.75, 3.05) is 6.54 Å². The van der Waals surface area contributed by atoms with E-state index in [0.29, 0.717) is 0 Å². The summed E-state index contributed by atoms with van der Waals surface area (Å²) in [6.07, 6.45) is 1.68. The lowest BCUT2D eigenvalue weighted by atomic mass is 10.0. The van der Waals surface area contributed by atoms with Gasteiger partial charge in [-0.3, -0.25) is 0 Å². The van der Waals surface area contributed by atoms with Crippen LogP contribution in [0.2, 0.25) is 0 Å². The molecule has 106 valence electrons. The molecule has 2 aromatic rings. The summed E-state index contributed by atoms with van der Waals surface area (Å²) in [7, 11) is 0. The van der Waals surface area contributed by atoms with Gasteiger partial charge < -0.3 is 10.4 Å². The number of hydrogen-bond acceptors (Lipinski definition) is 3. The number of hydrogen-bond donors (Lipinski definition) is 2. The smallest absolute Gasteiger partial charge is 0.0940 e. The molecule has 0 bridgehead atoms. The molecule has 0 aliphatic carbocycles. The summed E-state index contributed by atoms with van der Waals surface area (Å²) in [6, 6.07) is 11.9. The van der Waals surface area contributed by atoms with Crippen LogP contribution in [0.25, 0.3) is 5.57 Å². The largest absolute Gasteiger partial charge is 0.387 e. The SMILES string of the molecule is C/C(=C\CNC(C)C(O)c1ccccc1)c1ccsc1. The van der Waals surface area contributed by atoms with Crippen LogP contribution in [0.15, 0.2) is 53.2 Å². The second-order valence-electron chi connectivity index (χ2n) is 4.95. The van der Waals surface area contributed by atoms with Crippen molar-refractivity contribution in [2.45, 2.75) is 26.0 Å². The number of allylic oxidation sites excluding steroid dienone is 1. The van der Waals surface area contributed by atoms with Gasteiger partial charge in [0.25, 0.3) is 0 Å². The molecule has 2 atom stereocenters. The minimum atomic E-state index is -0.481. The van der Waals surface area contributed by atoms with E-state index in [1.54, 1.807) is 11.3 Å². The molecule has 0 saturated carbocycles. The van der Waals surface area contributed by atoms with E-state index in [1.165, 1.54) is 11.1 Å². The van der Waals surface area contributed by atoms with Crippen molar-refractivity contribution in [1.29, 1.82) is 0 Å². The van der Waals surface area contributed by atoms with Crippen molar-refractivity contribution in [2.24, 2.45) is 0 Å². The van der Waals surface area contributed by atoms with Gasteiger partial charge in [-0.25, -0.2) is 0 Å². The Morgan fingerprint density at radius 2 is 2.05 bits per heavy atom. The van der Waals surface area contributed by atoms with E-state index in [9.17, 15) is 5.11 Å². The molecular formula is C17H21NOS. The van der Waals surface area contributed by atoms with Gasteiger partial charge in [0.2, 0.25) is 0 Å². The topological polar surface area (TPSA) is 32.3 Å². The van der Waals surface area contributed by atoms with E-state index >= 15 is 0 Å². The normalized spacial score (nSPS) is 15.1. The minimum Gasteiger partial charge on any atom is -0.387 e. The molecule has 0 fully saturated rings. The van der Waals surface area contributed by atoms with Gasteiger partial charge in [0.1, 0.15) is 0 Å². The van der Waals surface area contributed by atoms with Crippen molar-refractivity contribution in [3.05, 3.63) is 64.4 Å². The summed E-state index contributed by atoms with van der Waals surface area (Å²) in [5, 5.41) is 17.8. The minimum absolute atomic E-state index is 0.0175. The third kappa shape index (κ3) is 4.04. The molecule has 1 aromatic carbocycles. The van der Waals surface area contributed by atoms with Gasteiger partial charge in [-0.1, -0.05) is 36.4 Å². The van der Waals surface area contributed by atoms with Crippen LogP contribution in [0.4, 0.5) is 0 Å². The van der Waals surface area contributed by atoms with Crippen LogP contribution >= 0.6 is 11.3 Å². The van der Waals surface area contributed by atoms with E-state index in [0.717, 1.165) is 12.1 Å². The zero-order valence-corrected chi connectivity index (χ0v) is 12.7. The van der Waals surface area contributed by atoms with E-state index in [2.05, 4.69) is 35.1 Å². The van der Waals surface area contributed by atoms with Crippen molar-refractivity contribution in [1.82, 2.24) is 5.32 Å². The first-order valence-electron chi connectivity index (χ1n) is 6.84. The molecule has 2 N–H and O–H groups in total. The molecule has 0 radical (unpaired) electrons. The highest BCUT2D eigenvalue weighted by Crippen LogP contribution is 2.17. The average molecular weight is 287 g/mol. The first kappa shape index (κ1) is 15.0. The maximum atomic E-state index is 10.3. The Hall–Kier alpha value is -1.42. The first-order valence-corrected chi connectivity index (χ1v) is 7.78. The first-order chi connectivity index (χ1) is 9.68. The summed E-state index contributed by atoms with van der Waals surface area (Å²) in [6.45, 7) is 4.88. The number of thiophene rings is 1. The lowest BCUT2D eigenvalue weighted by molar-refractivity contribution is 0.138. The van der Waals surface area contributed by atoms with Gasteiger partial charge in [0.05, 0.1) is 6.10 Å². The fourth-order valence-corrected chi connectivity index (χ4v) is 2.77. The van der Waals surface area contributed by atoms with Crippen molar-refractivity contribution >= 4 is 16.9 Å². The Morgan fingerprint density at radius 3 is 2.70 bits per heavy atom. The van der Waals surface area contributed by atoms with Crippen LogP contribution in [0.1, 0.15) is 31.1 Å². The van der Waals surface area contributed by atoms with Crippen molar-refractivity contribution < 1.29 is 5.11 Å². The molecule has 2 rings (SSSR count). The predicted octanol–water partition coefficient (Wildman–Crippen LogP) is 3.86. The Labute approximate surface area is 124 Å². The zero-order chi connectivity index (χ0) is 14.4. The van der Waals surface area contributed by atoms with Crippen molar-refractivity contribution in [3.63, 3.8) is 0 Å². The van der Waals surface area contributed by atoms with Gasteiger partial charge >= 0.3 is 0 Å². The third-order valence-electron chi connectivity index (χ3n) is 3.44. The molecule has 2 nitrogen and oxygen atoms in total. The summed E-state index contributed by atoms with van der Waals surface area (Å²) in [4.78, 5) is 0. The summed E-state index contributed by atoms with van der Waals surface area (Å²) < 4.78 is 0. The van der Waals surface area contributed by atoms with Crippen LogP contribution < -0.4 is 5.32 Å². The van der Waals surface area contributed by atoms with E-state index in [1.807, 2.05) is 37.3 Å². The highest BCUT2D eigenvalue weighted by atomic mass is 32.1. The molecule has 3 heteroatoms. The number of benzene rings is 1. The molecule has 1 heterocycles. The molecule has 1 aromatic heterocycles. The second-order valence-corrected chi connectivity index (χ2v) is 5.73. The molecular weight excluding hydrogens is 266 g/mol. The Kier molecular flexibility index (Phi) is 5.53. The van der Waals surface area contributed by atoms with Crippen LogP contribution in [0.5, 0.6) is 0 Å². The van der Waals surface area contributed by atoms with Crippen molar-refractivity contribution in [3.8, 4) is 0 Å². The quantitative estimate of drug-likeness (QED) is 0.845. The Bertz CT molecular complexity index is 533. The number of aliphatic hydroxyl groups is 1. The van der Waals surface area contributed by atoms with E-state index in [4.69, 9.17) is 0 Å². The third-order valence-corrected chi connectivity index (χ3v) is 4.12. The van der Waals surface area contributed by atoms with Gasteiger partial charge in [0.15, 0.2) is 0 Å². The van der Waals surface area contributed by atoms with Crippen LogP contribution in [-0.2, 0) is 0 Å². The molecule has 0 aliphatic rings. The number of aliphatic hydroxyl groups excluding tert-OH is 1. The fraction of sp³-hybridized carbons (Fsp3) is 0.294. The Balaban J connectivity index is 1.86. The summed E-state index contributed by atoms with van der Waals surface area (Å²) >= 11 is 1.71. The lowest BCUT2D eigenvalue weighted by Gasteiger charge is -2.20. The highest BCUT2D eigenvalue weighted by molar-refractivity contribution is 7.08. The maximum Gasteiger partial charge on any atom is 0.0940 e. The highest BCUT2D eigenvalue weighted by Gasteiger charge is 2.14. The molecule has 0 aliphatic heterocycles. The second kappa shape index (κ2) is 7.39. The monoisotopic (exact) mass is 287 g/mol. The predicted molar refractivity (Wildman–Crippen MR) is 86.8 cm³/mol. The fourth-order valence-electron chi connectivity index (χ4n) is 2.06. The van der Waals surface area contributed by atoms with Crippen LogP contribution in [-0.4, -0.2) is 17.7 Å². The number of rotatable bonds is 6. The standard InChI is InChI=1S/C17H21NOS/c1-13(16-9-11-20-12-16)8-10-18-14(2)17(19)15-6-4-3-5-7-15/h3-9,11-12,14,17-19H,10H2,1-2H3/b13-8+. The summed E-state index contributed by atoms with van der Waals surface area (Å²) in [5.41, 5.74) is 3.49. The lowest BCUT2D eigenvalue weighted by Crippen LogP contribution is -2.32. The van der Waals surface area contributed by atoms with Gasteiger partial charge in [-0.15, -0.1) is 0 Å². The van der Waals surface area contributed by atoms with E-state index < -0.39 is 6.10 Å². The van der Waals surface area contributed by atoms with E-state index in [-0.39, 0.29) is 6.04 Å².